The van der Waals surface area contributed by atoms with E-state index < -0.39 is 42.7 Å². The number of halogens is 3. The summed E-state index contributed by atoms with van der Waals surface area (Å²) in [6.07, 6.45) is -2.13. The van der Waals surface area contributed by atoms with E-state index in [0.29, 0.717) is 34.7 Å². The first-order valence-corrected chi connectivity index (χ1v) is 20.0. The van der Waals surface area contributed by atoms with Gasteiger partial charge in [0.25, 0.3) is 0 Å². The topological polar surface area (TPSA) is 161 Å². The number of Topliss-reactive ketones (excluding diaryl/α,β-unsaturated/α-hetero) is 1. The van der Waals surface area contributed by atoms with E-state index in [1.807, 2.05) is 5.32 Å². The van der Waals surface area contributed by atoms with Crippen LogP contribution in [0.5, 0.6) is 0 Å². The maximum Gasteiger partial charge on any atom is 0.433 e. The number of pyridine rings is 1. The normalized spacial score (nSPS) is 14.0. The molecular weight excluding hydrogens is 744 g/mol. The third kappa shape index (κ3) is 16.6. The lowest BCUT2D eigenvalue weighted by Crippen LogP contribution is -2.49. The van der Waals surface area contributed by atoms with Gasteiger partial charge in [0.15, 0.2) is 0 Å². The van der Waals surface area contributed by atoms with Crippen LogP contribution in [0.25, 0.3) is 6.08 Å². The van der Waals surface area contributed by atoms with Gasteiger partial charge in [-0.2, -0.15) is 13.2 Å². The summed E-state index contributed by atoms with van der Waals surface area (Å²) in [7, 11) is 2.84. The fourth-order valence-electron chi connectivity index (χ4n) is 5.04. The number of nitrogens with one attached hydrogen (secondary N) is 1. The van der Waals surface area contributed by atoms with E-state index >= 15 is 0 Å². The SMILES string of the molecule is CCCCCCCCC(/C=C/c1cccc(CC(O)c2cccc(C(=O)O)c2)n1)OC(NC(=O)OCc1ccc(SSCC(N)C(C)=O)cc1)C(F)(F)F. The number of alkyl carbamates (subject to hydrolysis) is 1. The van der Waals surface area contributed by atoms with Crippen molar-refractivity contribution in [3.8, 4) is 0 Å². The zero-order chi connectivity index (χ0) is 39.5. The first kappa shape index (κ1) is 44.5. The summed E-state index contributed by atoms with van der Waals surface area (Å²) in [4.78, 5) is 40.6. The molecule has 1 heterocycles. The largest absolute Gasteiger partial charge is 0.478 e. The van der Waals surface area contributed by atoms with Gasteiger partial charge in [0.1, 0.15) is 12.4 Å². The van der Waals surface area contributed by atoms with E-state index in [9.17, 15) is 37.8 Å². The van der Waals surface area contributed by atoms with Crippen LogP contribution < -0.4 is 11.1 Å². The Kier molecular flexibility index (Phi) is 19.1. The number of nitrogens with two attached hydrogens (primary N) is 1. The fourth-order valence-corrected chi connectivity index (χ4v) is 7.26. The molecule has 0 saturated heterocycles. The molecule has 294 valence electrons. The molecule has 15 heteroatoms. The molecule has 3 aromatic rings. The van der Waals surface area contributed by atoms with Gasteiger partial charge < -0.3 is 25.4 Å². The van der Waals surface area contributed by atoms with Gasteiger partial charge in [-0.3, -0.25) is 15.1 Å². The molecule has 4 unspecified atom stereocenters. The molecule has 0 saturated carbocycles. The highest BCUT2D eigenvalue weighted by Gasteiger charge is 2.43. The van der Waals surface area contributed by atoms with Gasteiger partial charge in [-0.25, -0.2) is 9.59 Å². The Bertz CT molecular complexity index is 1660. The number of hydrogen-bond acceptors (Lipinski definition) is 10. The second-order valence-corrected chi connectivity index (χ2v) is 15.1. The van der Waals surface area contributed by atoms with Crippen molar-refractivity contribution in [3.05, 3.63) is 101 Å². The number of ketones is 1. The van der Waals surface area contributed by atoms with E-state index in [-0.39, 0.29) is 30.8 Å². The van der Waals surface area contributed by atoms with Crippen molar-refractivity contribution in [2.75, 3.05) is 5.75 Å². The molecule has 0 spiro atoms. The van der Waals surface area contributed by atoms with Crippen molar-refractivity contribution < 1.29 is 47.2 Å². The maximum atomic E-state index is 14.2. The summed E-state index contributed by atoms with van der Waals surface area (Å²) in [5.41, 5.74) is 7.64. The molecule has 5 N–H and O–H groups in total. The number of carbonyl (C=O) groups excluding carboxylic acids is 2. The van der Waals surface area contributed by atoms with Gasteiger partial charge in [-0.1, -0.05) is 103 Å². The average Bonchev–Trinajstić information content (AvgIpc) is 3.14. The number of rotatable bonds is 23. The van der Waals surface area contributed by atoms with E-state index in [1.165, 1.54) is 52.8 Å². The van der Waals surface area contributed by atoms with Gasteiger partial charge >= 0.3 is 18.2 Å². The number of aromatic nitrogens is 1. The van der Waals surface area contributed by atoms with Gasteiger partial charge in [0, 0.05) is 22.8 Å². The van der Waals surface area contributed by atoms with Crippen LogP contribution in [0.1, 0.15) is 97.8 Å². The monoisotopic (exact) mass is 791 g/mol. The number of unbranched alkanes of at least 4 members (excludes halogenated alkanes) is 5. The number of alkyl halides is 3. The van der Waals surface area contributed by atoms with E-state index in [1.54, 1.807) is 54.6 Å². The lowest BCUT2D eigenvalue weighted by atomic mass is 10.0. The van der Waals surface area contributed by atoms with Gasteiger partial charge in [0.05, 0.1) is 29.5 Å². The minimum absolute atomic E-state index is 0.0394. The number of carbonyl (C=O) groups is 3. The molecular formula is C39H48F3N3O7S2. The van der Waals surface area contributed by atoms with E-state index in [2.05, 4.69) is 11.9 Å². The highest BCUT2D eigenvalue weighted by atomic mass is 33.1. The molecule has 3 rings (SSSR count). The molecule has 2 aromatic carbocycles. The van der Waals surface area contributed by atoms with Crippen molar-refractivity contribution in [1.29, 1.82) is 0 Å². The Morgan fingerprint density at radius 1 is 1.00 bits per heavy atom. The molecule has 1 amide bonds. The molecule has 54 heavy (non-hydrogen) atoms. The van der Waals surface area contributed by atoms with Crippen LogP contribution in [-0.2, 0) is 27.3 Å². The summed E-state index contributed by atoms with van der Waals surface area (Å²) in [5, 5.41) is 21.8. The molecule has 0 radical (unpaired) electrons. The van der Waals surface area contributed by atoms with Crippen LogP contribution in [0, 0.1) is 0 Å². The second kappa shape index (κ2) is 23.1. The Morgan fingerprint density at radius 3 is 2.39 bits per heavy atom. The van der Waals surface area contributed by atoms with Gasteiger partial charge in [-0.05, 0) is 66.9 Å². The summed E-state index contributed by atoms with van der Waals surface area (Å²) in [5.74, 6) is -0.782. The summed E-state index contributed by atoms with van der Waals surface area (Å²) in [6.45, 7) is 3.25. The highest BCUT2D eigenvalue weighted by molar-refractivity contribution is 8.76. The Balaban J connectivity index is 1.65. The van der Waals surface area contributed by atoms with Gasteiger partial charge in [0.2, 0.25) is 6.23 Å². The van der Waals surface area contributed by atoms with Crippen molar-refractivity contribution in [2.45, 2.75) is 107 Å². The number of benzene rings is 2. The first-order chi connectivity index (χ1) is 25.7. The second-order valence-electron chi connectivity index (χ2n) is 12.7. The molecule has 0 aliphatic rings. The minimum atomic E-state index is -4.94. The number of amides is 1. The van der Waals surface area contributed by atoms with Gasteiger partial charge in [-0.15, -0.1) is 0 Å². The zero-order valence-electron chi connectivity index (χ0n) is 30.3. The van der Waals surface area contributed by atoms with Crippen LogP contribution >= 0.6 is 21.6 Å². The number of aliphatic hydroxyl groups is 1. The number of nitrogens with zero attached hydrogens (tertiary/aromatic N) is 1. The van der Waals surface area contributed by atoms with E-state index in [0.717, 1.165) is 37.0 Å². The third-order valence-electron chi connectivity index (χ3n) is 8.15. The predicted molar refractivity (Wildman–Crippen MR) is 205 cm³/mol. The standard InChI is InChI=1S/C39H48F3N3O7S2/c1-3-4-5-6-7-8-15-32(19-18-30-13-10-14-31(44-30)23-35(47)28-11-9-12-29(22-28)36(48)49)52-37(39(40,41)42)45-38(50)51-24-27-16-20-33(21-17-27)54-53-25-34(43)26(2)46/h9-14,16-22,32,34-35,37,47H,3-8,15,23-25,43H2,1-2H3,(H,45,50)(H,48,49)/b19-18+. The fraction of sp³-hybridized carbons (Fsp3) is 0.436. The molecule has 10 nitrogen and oxygen atoms in total. The Labute approximate surface area is 321 Å². The lowest BCUT2D eigenvalue weighted by Gasteiger charge is -2.25. The Hall–Kier alpha value is -3.89. The smallest absolute Gasteiger partial charge is 0.433 e. The number of carboxylic acid groups (broad SMARTS) is 1. The number of aromatic carboxylic acids is 1. The molecule has 0 bridgehead atoms. The summed E-state index contributed by atoms with van der Waals surface area (Å²) in [6, 6.07) is 17.3. The maximum absolute atomic E-state index is 14.2. The quantitative estimate of drug-likeness (QED) is 0.0413. The molecule has 4 atom stereocenters. The first-order valence-electron chi connectivity index (χ1n) is 17.7. The molecule has 1 aromatic heterocycles. The van der Waals surface area contributed by atoms with Crippen molar-refractivity contribution in [1.82, 2.24) is 10.3 Å². The summed E-state index contributed by atoms with van der Waals surface area (Å²) < 4.78 is 53.2. The van der Waals surface area contributed by atoms with E-state index in [4.69, 9.17) is 15.2 Å². The van der Waals surface area contributed by atoms with Crippen LogP contribution in [0.4, 0.5) is 18.0 Å². The van der Waals surface area contributed by atoms with Crippen LogP contribution in [0.3, 0.4) is 0 Å². The van der Waals surface area contributed by atoms with Crippen molar-refractivity contribution in [2.24, 2.45) is 5.73 Å². The van der Waals surface area contributed by atoms with Crippen LogP contribution in [0.2, 0.25) is 0 Å². The lowest BCUT2D eigenvalue weighted by molar-refractivity contribution is -0.236. The molecule has 0 aliphatic heterocycles. The summed E-state index contributed by atoms with van der Waals surface area (Å²) >= 11 is 0. The zero-order valence-corrected chi connectivity index (χ0v) is 31.9. The molecule has 0 aliphatic carbocycles. The van der Waals surface area contributed by atoms with Crippen molar-refractivity contribution in [3.63, 3.8) is 0 Å². The minimum Gasteiger partial charge on any atom is -0.478 e. The number of aliphatic hydroxyl groups excluding tert-OH is 1. The number of carboxylic acids is 1. The molecule has 0 fully saturated rings. The number of ether oxygens (including phenoxy) is 2. The highest BCUT2D eigenvalue weighted by Crippen LogP contribution is 2.31. The average molecular weight is 792 g/mol. The van der Waals surface area contributed by atoms with Crippen LogP contribution in [-0.4, -0.2) is 63.3 Å². The van der Waals surface area contributed by atoms with Crippen LogP contribution in [0.15, 0.2) is 77.7 Å². The Morgan fingerprint density at radius 2 is 1.70 bits per heavy atom. The number of hydrogen-bond donors (Lipinski definition) is 4. The third-order valence-corrected chi connectivity index (χ3v) is 10.6. The van der Waals surface area contributed by atoms with Crippen molar-refractivity contribution >= 4 is 45.5 Å². The predicted octanol–water partition coefficient (Wildman–Crippen LogP) is 8.68.